The van der Waals surface area contributed by atoms with Crippen molar-refractivity contribution in [1.82, 2.24) is 4.90 Å². The van der Waals surface area contributed by atoms with Gasteiger partial charge in [-0.3, -0.25) is 0 Å². The maximum absolute atomic E-state index is 3.52. The zero-order chi connectivity index (χ0) is 12.4. The van der Waals surface area contributed by atoms with Crippen LogP contribution < -0.4 is 5.32 Å². The predicted octanol–water partition coefficient (Wildman–Crippen LogP) is 3.02. The maximum Gasteiger partial charge on any atom is 0.0376 e. The number of fused-ring (bicyclic) bond motifs is 1. The van der Waals surface area contributed by atoms with Crippen LogP contribution in [-0.2, 0) is 0 Å². The number of anilines is 1. The van der Waals surface area contributed by atoms with Crippen molar-refractivity contribution in [3.05, 3.63) is 29.8 Å². The van der Waals surface area contributed by atoms with Gasteiger partial charge in [0, 0.05) is 48.8 Å². The molecule has 0 saturated carbocycles. The Balaban J connectivity index is 1.70. The van der Waals surface area contributed by atoms with Crippen molar-refractivity contribution in [2.75, 3.05) is 37.2 Å². The molecule has 0 aromatic heterocycles. The molecule has 2 aliphatic rings. The summed E-state index contributed by atoms with van der Waals surface area (Å²) in [5.74, 6) is 2.02. The number of hydrogen-bond acceptors (Lipinski definition) is 3. The standard InChI is InChI=1S/C15H22N2S/c1-12-10-17(8-9-18-12)11-13-6-7-16-15-5-3-2-4-14(13)15/h2-5,12-13,16H,6-11H2,1H3. The van der Waals surface area contributed by atoms with Gasteiger partial charge >= 0.3 is 0 Å². The molecule has 3 rings (SSSR count). The zero-order valence-electron chi connectivity index (χ0n) is 11.1. The van der Waals surface area contributed by atoms with E-state index in [9.17, 15) is 0 Å². The fourth-order valence-corrected chi connectivity index (χ4v) is 4.19. The smallest absolute Gasteiger partial charge is 0.0376 e. The monoisotopic (exact) mass is 262 g/mol. The summed E-state index contributed by atoms with van der Waals surface area (Å²) in [4.78, 5) is 2.66. The Kier molecular flexibility index (Phi) is 3.80. The molecule has 98 valence electrons. The molecule has 2 aliphatic heterocycles. The summed E-state index contributed by atoms with van der Waals surface area (Å²) in [6, 6.07) is 8.83. The Morgan fingerprint density at radius 2 is 2.28 bits per heavy atom. The molecule has 1 aromatic rings. The lowest BCUT2D eigenvalue weighted by Gasteiger charge is -2.35. The van der Waals surface area contributed by atoms with Crippen molar-refractivity contribution in [2.45, 2.75) is 24.5 Å². The van der Waals surface area contributed by atoms with Crippen LogP contribution in [0.25, 0.3) is 0 Å². The Morgan fingerprint density at radius 1 is 1.39 bits per heavy atom. The lowest BCUT2D eigenvalue weighted by Crippen LogP contribution is -2.40. The second-order valence-electron chi connectivity index (χ2n) is 5.44. The highest BCUT2D eigenvalue weighted by Crippen LogP contribution is 2.32. The number of thioether (sulfide) groups is 1. The van der Waals surface area contributed by atoms with Crippen LogP contribution in [0.15, 0.2) is 24.3 Å². The van der Waals surface area contributed by atoms with E-state index < -0.39 is 0 Å². The number of para-hydroxylation sites is 1. The molecule has 0 amide bonds. The summed E-state index contributed by atoms with van der Waals surface area (Å²) in [6.45, 7) is 7.24. The van der Waals surface area contributed by atoms with Crippen LogP contribution in [0.3, 0.4) is 0 Å². The van der Waals surface area contributed by atoms with Crippen LogP contribution in [-0.4, -0.2) is 42.1 Å². The van der Waals surface area contributed by atoms with E-state index in [1.165, 1.54) is 43.1 Å². The van der Waals surface area contributed by atoms with Crippen LogP contribution in [0.4, 0.5) is 5.69 Å². The molecule has 2 heterocycles. The highest BCUT2D eigenvalue weighted by atomic mass is 32.2. The average molecular weight is 262 g/mol. The van der Waals surface area contributed by atoms with Gasteiger partial charge in [-0.15, -0.1) is 0 Å². The number of nitrogens with zero attached hydrogens (tertiary/aromatic N) is 1. The maximum atomic E-state index is 3.52. The van der Waals surface area contributed by atoms with Crippen molar-refractivity contribution in [3.8, 4) is 0 Å². The Bertz CT molecular complexity index is 407. The van der Waals surface area contributed by atoms with E-state index in [2.05, 4.69) is 53.2 Å². The van der Waals surface area contributed by atoms with Crippen LogP contribution >= 0.6 is 11.8 Å². The van der Waals surface area contributed by atoms with E-state index in [4.69, 9.17) is 0 Å². The number of nitrogens with one attached hydrogen (secondary N) is 1. The highest BCUT2D eigenvalue weighted by molar-refractivity contribution is 7.99. The highest BCUT2D eigenvalue weighted by Gasteiger charge is 2.24. The topological polar surface area (TPSA) is 15.3 Å². The number of rotatable bonds is 2. The molecule has 1 saturated heterocycles. The Labute approximate surface area is 114 Å². The van der Waals surface area contributed by atoms with Gasteiger partial charge in [-0.25, -0.2) is 0 Å². The van der Waals surface area contributed by atoms with Crippen molar-refractivity contribution in [2.24, 2.45) is 0 Å². The fraction of sp³-hybridized carbons (Fsp3) is 0.600. The van der Waals surface area contributed by atoms with Crippen molar-refractivity contribution in [3.63, 3.8) is 0 Å². The van der Waals surface area contributed by atoms with Crippen molar-refractivity contribution in [1.29, 1.82) is 0 Å². The molecular formula is C15H22N2S. The molecule has 3 heteroatoms. The second-order valence-corrected chi connectivity index (χ2v) is 6.99. The first kappa shape index (κ1) is 12.4. The first-order chi connectivity index (χ1) is 8.83. The number of hydrogen-bond donors (Lipinski definition) is 1. The largest absolute Gasteiger partial charge is 0.385 e. The average Bonchev–Trinajstić information content (AvgIpc) is 2.39. The summed E-state index contributed by atoms with van der Waals surface area (Å²) >= 11 is 2.12. The van der Waals surface area contributed by atoms with Gasteiger partial charge < -0.3 is 10.2 Å². The summed E-state index contributed by atoms with van der Waals surface area (Å²) in [5.41, 5.74) is 2.88. The van der Waals surface area contributed by atoms with E-state index in [0.717, 1.165) is 17.7 Å². The third kappa shape index (κ3) is 2.67. The summed E-state index contributed by atoms with van der Waals surface area (Å²) in [6.07, 6.45) is 1.27. The molecule has 0 radical (unpaired) electrons. The van der Waals surface area contributed by atoms with Gasteiger partial charge in [-0.05, 0) is 18.1 Å². The molecule has 0 bridgehead atoms. The molecule has 0 spiro atoms. The van der Waals surface area contributed by atoms with Crippen LogP contribution in [0.2, 0.25) is 0 Å². The minimum atomic E-state index is 0.720. The normalized spacial score (nSPS) is 28.5. The lowest BCUT2D eigenvalue weighted by atomic mass is 9.90. The van der Waals surface area contributed by atoms with Gasteiger partial charge in [0.2, 0.25) is 0 Å². The van der Waals surface area contributed by atoms with Gasteiger partial charge in [-0.1, -0.05) is 25.1 Å². The van der Waals surface area contributed by atoms with Crippen molar-refractivity contribution < 1.29 is 0 Å². The fourth-order valence-electron chi connectivity index (χ4n) is 3.11. The SMILES string of the molecule is CC1CN(CC2CCNc3ccccc32)CCS1. The minimum Gasteiger partial charge on any atom is -0.385 e. The quantitative estimate of drug-likeness (QED) is 0.882. The minimum absolute atomic E-state index is 0.720. The van der Waals surface area contributed by atoms with E-state index in [1.807, 2.05) is 0 Å². The molecule has 1 N–H and O–H groups in total. The van der Waals surface area contributed by atoms with Crippen LogP contribution in [0.1, 0.15) is 24.8 Å². The zero-order valence-corrected chi connectivity index (χ0v) is 11.9. The summed E-state index contributed by atoms with van der Waals surface area (Å²) in [5, 5.41) is 4.32. The molecule has 2 unspecified atom stereocenters. The molecule has 1 fully saturated rings. The lowest BCUT2D eigenvalue weighted by molar-refractivity contribution is 0.263. The molecule has 0 aliphatic carbocycles. The Morgan fingerprint density at radius 3 is 3.17 bits per heavy atom. The third-order valence-corrected chi connectivity index (χ3v) is 5.15. The number of benzene rings is 1. The van der Waals surface area contributed by atoms with E-state index in [1.54, 1.807) is 0 Å². The van der Waals surface area contributed by atoms with Crippen molar-refractivity contribution >= 4 is 17.4 Å². The molecule has 2 nitrogen and oxygen atoms in total. The molecule has 1 aromatic carbocycles. The van der Waals surface area contributed by atoms with E-state index in [-0.39, 0.29) is 0 Å². The van der Waals surface area contributed by atoms with Gasteiger partial charge in [0.15, 0.2) is 0 Å². The molecule has 2 atom stereocenters. The first-order valence-corrected chi connectivity index (χ1v) is 8.04. The van der Waals surface area contributed by atoms with Gasteiger partial charge in [-0.2, -0.15) is 11.8 Å². The van der Waals surface area contributed by atoms with Crippen LogP contribution in [0, 0.1) is 0 Å². The van der Waals surface area contributed by atoms with E-state index >= 15 is 0 Å². The van der Waals surface area contributed by atoms with E-state index in [0.29, 0.717) is 0 Å². The summed E-state index contributed by atoms with van der Waals surface area (Å²) < 4.78 is 0. The Hall–Kier alpha value is -0.670. The van der Waals surface area contributed by atoms with Gasteiger partial charge in [0.1, 0.15) is 0 Å². The van der Waals surface area contributed by atoms with Crippen LogP contribution in [0.5, 0.6) is 0 Å². The summed E-state index contributed by atoms with van der Waals surface area (Å²) in [7, 11) is 0. The first-order valence-electron chi connectivity index (χ1n) is 6.99. The predicted molar refractivity (Wildman–Crippen MR) is 80.6 cm³/mol. The van der Waals surface area contributed by atoms with Gasteiger partial charge in [0.05, 0.1) is 0 Å². The van der Waals surface area contributed by atoms with Gasteiger partial charge in [0.25, 0.3) is 0 Å². The molecule has 18 heavy (non-hydrogen) atoms. The molecular weight excluding hydrogens is 240 g/mol. The third-order valence-electron chi connectivity index (χ3n) is 4.01. The second kappa shape index (κ2) is 5.54.